The largest absolute Gasteiger partial charge is 0.548 e. The summed E-state index contributed by atoms with van der Waals surface area (Å²) >= 11 is 0. The van der Waals surface area contributed by atoms with Crippen LogP contribution in [-0.2, 0) is 14.3 Å². The number of rotatable bonds is 10. The van der Waals surface area contributed by atoms with E-state index in [1.54, 1.807) is 27.7 Å². The van der Waals surface area contributed by atoms with Crippen LogP contribution in [0.2, 0.25) is 0 Å². The summed E-state index contributed by atoms with van der Waals surface area (Å²) in [5.74, 6) is -1.41. The number of carbonyl (C=O) groups excluding carboxylic acids is 3. The molecule has 2 fully saturated rings. The number of ketones is 1. The Hall–Kier alpha value is -2.42. The van der Waals surface area contributed by atoms with Crippen LogP contribution in [-0.4, -0.2) is 58.9 Å². The first kappa shape index (κ1) is 35.8. The van der Waals surface area contributed by atoms with Gasteiger partial charge >= 0.3 is 6.09 Å². The molecule has 0 radical (unpaired) electrons. The second-order valence-corrected chi connectivity index (χ2v) is 14.2. The number of carboxylic acid groups (broad SMARTS) is 1. The van der Waals surface area contributed by atoms with E-state index in [9.17, 15) is 24.6 Å². The maximum Gasteiger partial charge on any atom is 0.408 e. The topological polar surface area (TPSA) is 145 Å². The second-order valence-electron chi connectivity index (χ2n) is 14.2. The molecule has 4 N–H and O–H groups in total. The zero-order valence-electron chi connectivity index (χ0n) is 27.1. The molecule has 0 bridgehead atoms. The average molecular weight is 592 g/mol. The number of allylic oxidation sites excluding steroid dienone is 2. The van der Waals surface area contributed by atoms with Gasteiger partial charge in [-0.05, 0) is 104 Å². The van der Waals surface area contributed by atoms with E-state index in [4.69, 9.17) is 4.74 Å². The molecule has 0 saturated heterocycles. The lowest BCUT2D eigenvalue weighted by molar-refractivity contribution is -0.725. The summed E-state index contributed by atoms with van der Waals surface area (Å²) in [6.45, 7) is 11.0. The molecule has 9 heteroatoms. The molecule has 3 aliphatic carbocycles. The Morgan fingerprint density at radius 1 is 1.02 bits per heavy atom. The Bertz CT molecular complexity index is 937. The highest BCUT2D eigenvalue weighted by atomic mass is 16.6. The van der Waals surface area contributed by atoms with E-state index in [1.807, 2.05) is 13.8 Å². The van der Waals surface area contributed by atoms with Crippen LogP contribution >= 0.6 is 0 Å². The summed E-state index contributed by atoms with van der Waals surface area (Å²) in [6, 6.07) is 0.845. The molecule has 240 valence electrons. The number of alkyl carbamates (subject to hydrolysis) is 1. The lowest BCUT2D eigenvalue weighted by atomic mass is 9.76. The molecule has 3 aliphatic rings. The minimum atomic E-state index is -1.37. The van der Waals surface area contributed by atoms with Crippen molar-refractivity contribution in [3.8, 4) is 0 Å². The number of carbonyl (C=O) groups is 3. The van der Waals surface area contributed by atoms with Gasteiger partial charge in [-0.2, -0.15) is 0 Å². The van der Waals surface area contributed by atoms with Crippen molar-refractivity contribution < 1.29 is 34.7 Å². The normalized spacial score (nSPS) is 21.3. The lowest BCUT2D eigenvalue weighted by Gasteiger charge is -2.29. The highest BCUT2D eigenvalue weighted by Gasteiger charge is 2.34. The van der Waals surface area contributed by atoms with Crippen molar-refractivity contribution in [1.82, 2.24) is 5.32 Å². The van der Waals surface area contributed by atoms with Crippen LogP contribution < -0.4 is 15.7 Å². The second kappa shape index (κ2) is 17.0. The molecular formula is C33H57N3O6. The van der Waals surface area contributed by atoms with Crippen LogP contribution in [0.15, 0.2) is 16.3 Å². The number of hydrogen-bond acceptors (Lipinski definition) is 7. The summed E-state index contributed by atoms with van der Waals surface area (Å²) in [5.41, 5.74) is -0.194. The Labute approximate surface area is 253 Å². The van der Waals surface area contributed by atoms with Gasteiger partial charge in [0.05, 0.1) is 29.7 Å². The van der Waals surface area contributed by atoms with Gasteiger partial charge < -0.3 is 30.4 Å². The third-order valence-electron chi connectivity index (χ3n) is 8.28. The van der Waals surface area contributed by atoms with Crippen LogP contribution in [0.5, 0.6) is 0 Å². The van der Waals surface area contributed by atoms with Crippen molar-refractivity contribution in [2.45, 2.75) is 162 Å². The summed E-state index contributed by atoms with van der Waals surface area (Å²) in [5, 5.41) is 26.4. The maximum atomic E-state index is 12.3. The number of hydrogen-bond donors (Lipinski definition) is 3. The van der Waals surface area contributed by atoms with Gasteiger partial charge in [-0.25, -0.2) is 4.79 Å². The van der Waals surface area contributed by atoms with Gasteiger partial charge in [0.1, 0.15) is 11.4 Å². The first-order chi connectivity index (χ1) is 19.7. The molecule has 9 nitrogen and oxygen atoms in total. The number of carboxylic acids is 1. The molecular weight excluding hydrogens is 534 g/mol. The van der Waals surface area contributed by atoms with Crippen molar-refractivity contribution in [2.75, 3.05) is 6.54 Å². The van der Waals surface area contributed by atoms with Crippen LogP contribution in [0.4, 0.5) is 4.79 Å². The maximum absolute atomic E-state index is 12.3. The number of ether oxygens (including phenoxy) is 1. The molecule has 1 atom stereocenters. The summed E-state index contributed by atoms with van der Waals surface area (Å²) < 4.78 is 5.06. The number of Topliss-reactive ketones (excluding diaryl/α,β-unsaturated/α-hetero) is 1. The predicted molar refractivity (Wildman–Crippen MR) is 163 cm³/mol. The summed E-state index contributed by atoms with van der Waals surface area (Å²) in [7, 11) is 0. The smallest absolute Gasteiger partial charge is 0.408 e. The van der Waals surface area contributed by atoms with Crippen molar-refractivity contribution in [2.24, 2.45) is 10.4 Å². The predicted octanol–water partition coefficient (Wildman–Crippen LogP) is 4.68. The Morgan fingerprint density at radius 3 is 2.05 bits per heavy atom. The van der Waals surface area contributed by atoms with Gasteiger partial charge in [-0.3, -0.25) is 9.79 Å². The lowest BCUT2D eigenvalue weighted by Crippen LogP contribution is -2.95. The van der Waals surface area contributed by atoms with Gasteiger partial charge in [0.15, 0.2) is 5.78 Å². The van der Waals surface area contributed by atoms with Gasteiger partial charge in [0.2, 0.25) is 0 Å². The first-order valence-corrected chi connectivity index (χ1v) is 16.2. The van der Waals surface area contributed by atoms with E-state index in [0.717, 1.165) is 12.1 Å². The molecule has 0 aliphatic heterocycles. The SMILES string of the molecule is C1CCC([NH2+]C2CCCCC2)CC1.CC(=NCCCCC(NC(=O)OC(C)(C)C)C(=O)[O-])C1=C(O)CC(C)(C)CC1=O. The number of nitrogens with zero attached hydrogens (tertiary/aromatic N) is 1. The molecule has 0 aromatic rings. The molecule has 0 spiro atoms. The van der Waals surface area contributed by atoms with Crippen molar-refractivity contribution in [3.63, 3.8) is 0 Å². The number of unbranched alkanes of at least 4 members (excludes halogenated alkanes) is 1. The summed E-state index contributed by atoms with van der Waals surface area (Å²) in [6.07, 6.45) is 16.2. The standard InChI is InChI=1S/C21H34N2O6.C12H23N/c1-13(17-15(24)11-21(5,6)12-16(17)25)22-10-8-7-9-14(18(26)27)23-19(28)29-20(2,3)4;1-3-7-11(8-4-1)13-12-9-5-2-6-10-12/h14,24H,7-12H2,1-6H3,(H,23,28)(H,26,27);11-13H,1-10H2. The zero-order valence-corrected chi connectivity index (χ0v) is 27.1. The van der Waals surface area contributed by atoms with Crippen LogP contribution in [0.25, 0.3) is 0 Å². The quantitative estimate of drug-likeness (QED) is 0.249. The van der Waals surface area contributed by atoms with Crippen molar-refractivity contribution in [3.05, 3.63) is 11.3 Å². The average Bonchev–Trinajstić information content (AvgIpc) is 2.87. The minimum Gasteiger partial charge on any atom is -0.548 e. The fourth-order valence-electron chi connectivity index (χ4n) is 6.22. The summed E-state index contributed by atoms with van der Waals surface area (Å²) in [4.78, 5) is 39.6. The number of amides is 1. The number of aliphatic hydroxyl groups is 1. The van der Waals surface area contributed by atoms with E-state index in [1.165, 1.54) is 64.2 Å². The fraction of sp³-hybridized carbons (Fsp3) is 0.818. The van der Waals surface area contributed by atoms with Crippen molar-refractivity contribution in [1.29, 1.82) is 0 Å². The third kappa shape index (κ3) is 13.7. The molecule has 0 heterocycles. The number of aliphatic imine (C=N–C) groups is 1. The molecule has 2 saturated carbocycles. The van der Waals surface area contributed by atoms with E-state index < -0.39 is 23.7 Å². The van der Waals surface area contributed by atoms with Crippen molar-refractivity contribution >= 4 is 23.6 Å². The van der Waals surface area contributed by atoms with Gasteiger partial charge in [-0.15, -0.1) is 0 Å². The van der Waals surface area contributed by atoms with E-state index in [2.05, 4.69) is 15.6 Å². The van der Waals surface area contributed by atoms with Crippen LogP contribution in [0.3, 0.4) is 0 Å². The third-order valence-corrected chi connectivity index (χ3v) is 8.28. The van der Waals surface area contributed by atoms with Gasteiger partial charge in [-0.1, -0.05) is 26.7 Å². The molecule has 0 aromatic carbocycles. The molecule has 42 heavy (non-hydrogen) atoms. The minimum absolute atomic E-state index is 0.0751. The molecule has 1 unspecified atom stereocenters. The molecule has 0 aromatic heterocycles. The van der Waals surface area contributed by atoms with Crippen LogP contribution in [0.1, 0.15) is 138 Å². The zero-order chi connectivity index (χ0) is 31.3. The Balaban J connectivity index is 0.000000389. The number of nitrogens with one attached hydrogen (secondary N) is 1. The fourth-order valence-corrected chi connectivity index (χ4v) is 6.22. The Kier molecular flexibility index (Phi) is 14.5. The van der Waals surface area contributed by atoms with Gasteiger partial charge in [0, 0.05) is 25.1 Å². The number of aliphatic carboxylic acids is 1. The highest BCUT2D eigenvalue weighted by molar-refractivity contribution is 6.22. The van der Waals surface area contributed by atoms with E-state index in [0.29, 0.717) is 43.5 Å². The van der Waals surface area contributed by atoms with E-state index in [-0.39, 0.29) is 23.4 Å². The Morgan fingerprint density at radius 2 is 1.57 bits per heavy atom. The highest BCUT2D eigenvalue weighted by Crippen LogP contribution is 2.36. The number of aliphatic hydroxyl groups excluding tert-OH is 1. The molecule has 3 rings (SSSR count). The number of nitrogens with two attached hydrogens (primary N) is 1. The van der Waals surface area contributed by atoms with Gasteiger partial charge in [0.25, 0.3) is 0 Å². The number of quaternary nitrogens is 1. The first-order valence-electron chi connectivity index (χ1n) is 16.2. The van der Waals surface area contributed by atoms with Crippen LogP contribution in [0, 0.1) is 5.41 Å². The monoisotopic (exact) mass is 591 g/mol. The van der Waals surface area contributed by atoms with E-state index >= 15 is 0 Å². The molecule has 1 amide bonds.